The molecule has 88 valence electrons. The molecule has 0 aromatic heterocycles. The molecule has 1 aliphatic rings. The predicted molar refractivity (Wildman–Crippen MR) is 57.6 cm³/mol. The molecule has 4 heteroatoms. The number of carboxylic acids is 1. The second-order valence-corrected chi connectivity index (χ2v) is 4.99. The minimum Gasteiger partial charge on any atom is -0.479 e. The first-order valence-electron chi connectivity index (χ1n) is 5.58. The van der Waals surface area contributed by atoms with E-state index in [1.54, 1.807) is 0 Å². The molecule has 1 aliphatic carbocycles. The standard InChI is InChI=1S/C11H21NO3/c1-8-3-4-9(5-8)6-12-7-11(2,15)10(13)14/h8-9,12,15H,3-7H2,1-2H3,(H,13,14). The maximum atomic E-state index is 10.6. The Morgan fingerprint density at radius 2 is 2.20 bits per heavy atom. The first kappa shape index (κ1) is 12.5. The van der Waals surface area contributed by atoms with Gasteiger partial charge in [0.05, 0.1) is 0 Å². The van der Waals surface area contributed by atoms with Crippen LogP contribution in [0.4, 0.5) is 0 Å². The van der Waals surface area contributed by atoms with Gasteiger partial charge in [-0.05, 0) is 38.1 Å². The third-order valence-corrected chi connectivity index (χ3v) is 3.17. The minimum absolute atomic E-state index is 0.118. The van der Waals surface area contributed by atoms with Gasteiger partial charge >= 0.3 is 5.97 Å². The van der Waals surface area contributed by atoms with Crippen molar-refractivity contribution in [3.63, 3.8) is 0 Å². The molecule has 0 bridgehead atoms. The van der Waals surface area contributed by atoms with E-state index in [4.69, 9.17) is 5.11 Å². The summed E-state index contributed by atoms with van der Waals surface area (Å²) in [4.78, 5) is 10.6. The van der Waals surface area contributed by atoms with Crippen molar-refractivity contribution in [1.82, 2.24) is 5.32 Å². The van der Waals surface area contributed by atoms with Crippen LogP contribution in [0.1, 0.15) is 33.1 Å². The lowest BCUT2D eigenvalue weighted by Gasteiger charge is -2.20. The predicted octanol–water partition coefficient (Wildman–Crippen LogP) is 0.848. The molecule has 4 nitrogen and oxygen atoms in total. The quantitative estimate of drug-likeness (QED) is 0.636. The number of nitrogens with one attached hydrogen (secondary N) is 1. The zero-order valence-electron chi connectivity index (χ0n) is 9.49. The minimum atomic E-state index is -1.65. The van der Waals surface area contributed by atoms with Gasteiger partial charge in [-0.1, -0.05) is 13.3 Å². The lowest BCUT2D eigenvalue weighted by Crippen LogP contribution is -2.45. The summed E-state index contributed by atoms with van der Waals surface area (Å²) < 4.78 is 0. The van der Waals surface area contributed by atoms with Crippen molar-refractivity contribution in [3.8, 4) is 0 Å². The molecule has 0 aliphatic heterocycles. The van der Waals surface area contributed by atoms with Crippen LogP contribution in [-0.2, 0) is 4.79 Å². The van der Waals surface area contributed by atoms with E-state index in [-0.39, 0.29) is 6.54 Å². The molecule has 0 aromatic rings. The first-order valence-corrected chi connectivity index (χ1v) is 5.58. The number of hydrogen-bond donors (Lipinski definition) is 3. The summed E-state index contributed by atoms with van der Waals surface area (Å²) in [5.74, 6) is 0.260. The SMILES string of the molecule is CC1CCC(CNCC(C)(O)C(=O)O)C1. The number of aliphatic carboxylic acids is 1. The smallest absolute Gasteiger partial charge is 0.336 e. The van der Waals surface area contributed by atoms with Crippen molar-refractivity contribution in [2.75, 3.05) is 13.1 Å². The zero-order chi connectivity index (χ0) is 11.5. The normalized spacial score (nSPS) is 30.1. The fourth-order valence-electron chi connectivity index (χ4n) is 2.11. The Labute approximate surface area is 90.7 Å². The van der Waals surface area contributed by atoms with Crippen LogP contribution in [0.2, 0.25) is 0 Å². The molecule has 1 saturated carbocycles. The van der Waals surface area contributed by atoms with Crippen molar-refractivity contribution in [2.45, 2.75) is 38.7 Å². The first-order chi connectivity index (χ1) is 6.92. The highest BCUT2D eigenvalue weighted by molar-refractivity contribution is 5.76. The van der Waals surface area contributed by atoms with Crippen LogP contribution in [0.15, 0.2) is 0 Å². The van der Waals surface area contributed by atoms with Crippen LogP contribution >= 0.6 is 0 Å². The zero-order valence-corrected chi connectivity index (χ0v) is 9.49. The van der Waals surface area contributed by atoms with Crippen LogP contribution < -0.4 is 5.32 Å². The van der Waals surface area contributed by atoms with Gasteiger partial charge in [-0.2, -0.15) is 0 Å². The van der Waals surface area contributed by atoms with Gasteiger partial charge in [0.25, 0.3) is 0 Å². The number of carbonyl (C=O) groups is 1. The van der Waals surface area contributed by atoms with Gasteiger partial charge in [-0.25, -0.2) is 4.79 Å². The fourth-order valence-corrected chi connectivity index (χ4v) is 2.11. The average molecular weight is 215 g/mol. The van der Waals surface area contributed by atoms with Crippen molar-refractivity contribution in [3.05, 3.63) is 0 Å². The molecule has 0 heterocycles. The topological polar surface area (TPSA) is 69.6 Å². The molecule has 1 rings (SSSR count). The molecule has 3 unspecified atom stereocenters. The molecule has 3 N–H and O–H groups in total. The summed E-state index contributed by atoms with van der Waals surface area (Å²) in [5.41, 5.74) is -1.65. The maximum Gasteiger partial charge on any atom is 0.336 e. The lowest BCUT2D eigenvalue weighted by atomic mass is 10.0. The molecule has 0 radical (unpaired) electrons. The largest absolute Gasteiger partial charge is 0.479 e. The Kier molecular flexibility index (Phi) is 4.11. The van der Waals surface area contributed by atoms with Gasteiger partial charge in [0, 0.05) is 6.54 Å². The number of carboxylic acid groups (broad SMARTS) is 1. The Morgan fingerprint density at radius 1 is 1.53 bits per heavy atom. The molecular weight excluding hydrogens is 194 g/mol. The van der Waals surface area contributed by atoms with Crippen molar-refractivity contribution < 1.29 is 15.0 Å². The summed E-state index contributed by atoms with van der Waals surface area (Å²) in [6, 6.07) is 0. The Bertz CT molecular complexity index is 228. The van der Waals surface area contributed by atoms with Gasteiger partial charge in [-0.15, -0.1) is 0 Å². The van der Waals surface area contributed by atoms with E-state index in [1.165, 1.54) is 26.2 Å². The van der Waals surface area contributed by atoms with E-state index in [0.29, 0.717) is 5.92 Å². The van der Waals surface area contributed by atoms with Crippen LogP contribution in [0, 0.1) is 11.8 Å². The van der Waals surface area contributed by atoms with Crippen molar-refractivity contribution in [1.29, 1.82) is 0 Å². The van der Waals surface area contributed by atoms with Gasteiger partial charge in [0.1, 0.15) is 0 Å². The van der Waals surface area contributed by atoms with Crippen LogP contribution in [0.25, 0.3) is 0 Å². The molecule has 0 spiro atoms. The molecule has 0 saturated heterocycles. The highest BCUT2D eigenvalue weighted by atomic mass is 16.4. The van der Waals surface area contributed by atoms with E-state index in [1.807, 2.05) is 0 Å². The lowest BCUT2D eigenvalue weighted by molar-refractivity contribution is -0.156. The third kappa shape index (κ3) is 3.80. The Balaban J connectivity index is 2.19. The van der Waals surface area contributed by atoms with E-state index in [2.05, 4.69) is 12.2 Å². The summed E-state index contributed by atoms with van der Waals surface area (Å²) in [6.07, 6.45) is 3.69. The third-order valence-electron chi connectivity index (χ3n) is 3.17. The summed E-state index contributed by atoms with van der Waals surface area (Å²) >= 11 is 0. The van der Waals surface area contributed by atoms with Gasteiger partial charge in [0.15, 0.2) is 5.60 Å². The number of hydrogen-bond acceptors (Lipinski definition) is 3. The molecule has 15 heavy (non-hydrogen) atoms. The molecular formula is C11H21NO3. The van der Waals surface area contributed by atoms with E-state index < -0.39 is 11.6 Å². The average Bonchev–Trinajstić information content (AvgIpc) is 2.51. The van der Waals surface area contributed by atoms with Crippen LogP contribution in [0.5, 0.6) is 0 Å². The number of aliphatic hydroxyl groups is 1. The second-order valence-electron chi connectivity index (χ2n) is 4.99. The molecule has 1 fully saturated rings. The van der Waals surface area contributed by atoms with Gasteiger partial charge in [0.2, 0.25) is 0 Å². The summed E-state index contributed by atoms with van der Waals surface area (Å²) in [7, 11) is 0. The highest BCUT2D eigenvalue weighted by Gasteiger charge is 2.30. The fraction of sp³-hybridized carbons (Fsp3) is 0.909. The molecule has 3 atom stereocenters. The number of rotatable bonds is 5. The Hall–Kier alpha value is -0.610. The van der Waals surface area contributed by atoms with Crippen LogP contribution in [-0.4, -0.2) is 34.9 Å². The summed E-state index contributed by atoms with van der Waals surface area (Å²) in [6.45, 7) is 4.49. The highest BCUT2D eigenvalue weighted by Crippen LogP contribution is 2.29. The second kappa shape index (κ2) is 4.94. The van der Waals surface area contributed by atoms with Gasteiger partial charge < -0.3 is 15.5 Å². The monoisotopic (exact) mass is 215 g/mol. The van der Waals surface area contributed by atoms with Crippen molar-refractivity contribution >= 4 is 5.97 Å². The van der Waals surface area contributed by atoms with E-state index >= 15 is 0 Å². The van der Waals surface area contributed by atoms with Gasteiger partial charge in [-0.3, -0.25) is 0 Å². The Morgan fingerprint density at radius 3 is 2.67 bits per heavy atom. The van der Waals surface area contributed by atoms with Crippen molar-refractivity contribution in [2.24, 2.45) is 11.8 Å². The van der Waals surface area contributed by atoms with E-state index in [9.17, 15) is 9.90 Å². The maximum absolute atomic E-state index is 10.6. The van der Waals surface area contributed by atoms with E-state index in [0.717, 1.165) is 12.5 Å². The molecule has 0 aromatic carbocycles. The molecule has 0 amide bonds. The summed E-state index contributed by atoms with van der Waals surface area (Å²) in [5, 5.41) is 21.2. The van der Waals surface area contributed by atoms with Crippen LogP contribution in [0.3, 0.4) is 0 Å².